The van der Waals surface area contributed by atoms with E-state index in [4.69, 9.17) is 19.0 Å². The van der Waals surface area contributed by atoms with E-state index in [2.05, 4.69) is 10.5 Å². The maximum Gasteiger partial charge on any atom is 0.408 e. The number of alkyl carbamates (subject to hydrolysis) is 1. The average molecular weight is 421 g/mol. The topological polar surface area (TPSA) is 95.5 Å². The van der Waals surface area contributed by atoms with Gasteiger partial charge in [-0.2, -0.15) is 0 Å². The van der Waals surface area contributed by atoms with Gasteiger partial charge in [-0.3, -0.25) is 0 Å². The quantitative estimate of drug-likeness (QED) is 0.672. The lowest BCUT2D eigenvalue weighted by atomic mass is 9.86. The zero-order chi connectivity index (χ0) is 22.5. The smallest absolute Gasteiger partial charge is 0.408 e. The molecule has 1 aromatic rings. The Kier molecular flexibility index (Phi) is 7.34. The number of amides is 1. The fourth-order valence-corrected chi connectivity index (χ4v) is 3.07. The van der Waals surface area contributed by atoms with Crippen LogP contribution in [0.3, 0.4) is 0 Å². The van der Waals surface area contributed by atoms with Crippen molar-refractivity contribution in [2.24, 2.45) is 17.0 Å². The molecular formula is C22H32N2O6. The number of benzene rings is 1. The average Bonchev–Trinajstić information content (AvgIpc) is 2.96. The summed E-state index contributed by atoms with van der Waals surface area (Å²) in [5.41, 5.74) is -0.170. The highest BCUT2D eigenvalue weighted by Crippen LogP contribution is 2.36. The Bertz CT molecular complexity index is 772. The Labute approximate surface area is 177 Å². The summed E-state index contributed by atoms with van der Waals surface area (Å²) in [6, 6.07) is 8.32. The fourth-order valence-electron chi connectivity index (χ4n) is 3.07. The van der Waals surface area contributed by atoms with E-state index in [1.54, 1.807) is 58.9 Å². The third-order valence-electron chi connectivity index (χ3n) is 4.53. The van der Waals surface area contributed by atoms with Crippen molar-refractivity contribution in [3.05, 3.63) is 30.3 Å². The van der Waals surface area contributed by atoms with Crippen molar-refractivity contribution >= 4 is 17.8 Å². The number of carbonyl (C=O) groups excluding carboxylic acids is 2. The zero-order valence-electron chi connectivity index (χ0n) is 18.7. The van der Waals surface area contributed by atoms with Crippen LogP contribution < -0.4 is 10.1 Å². The standard InChI is InChI=1S/C22H32N2O6/c1-8-27-19(25)22(28-16-12-10-9-11-13-16)15(4)18(24-30-22)17(14(2)3)23-20(26)29-21(5,6)7/h9-15,17H,8H2,1-7H3,(H,23,26)/t15?,17-,22?/m0/s1. The van der Waals surface area contributed by atoms with E-state index in [0.717, 1.165) is 0 Å². The van der Waals surface area contributed by atoms with Crippen LogP contribution in [0.15, 0.2) is 35.5 Å². The van der Waals surface area contributed by atoms with Crippen LogP contribution in [0.1, 0.15) is 48.5 Å². The van der Waals surface area contributed by atoms with E-state index in [1.807, 2.05) is 19.9 Å². The second-order valence-corrected chi connectivity index (χ2v) is 8.50. The third-order valence-corrected chi connectivity index (χ3v) is 4.53. The summed E-state index contributed by atoms with van der Waals surface area (Å²) in [5.74, 6) is -2.69. The molecule has 0 radical (unpaired) electrons. The molecule has 0 aliphatic carbocycles. The molecule has 8 nitrogen and oxygen atoms in total. The third kappa shape index (κ3) is 5.43. The Morgan fingerprint density at radius 3 is 2.40 bits per heavy atom. The van der Waals surface area contributed by atoms with E-state index in [1.165, 1.54) is 0 Å². The molecule has 0 fully saturated rings. The molecule has 1 N–H and O–H groups in total. The number of hydrogen-bond acceptors (Lipinski definition) is 7. The van der Waals surface area contributed by atoms with Gasteiger partial charge >= 0.3 is 17.8 Å². The Morgan fingerprint density at radius 1 is 1.23 bits per heavy atom. The zero-order valence-corrected chi connectivity index (χ0v) is 18.7. The SMILES string of the molecule is CCOC(=O)C1(Oc2ccccc2)ON=C([C@@H](NC(=O)OC(C)(C)C)C(C)C)C1C. The maximum atomic E-state index is 12.9. The summed E-state index contributed by atoms with van der Waals surface area (Å²) in [5, 5.41) is 7.00. The van der Waals surface area contributed by atoms with Crippen LogP contribution in [-0.2, 0) is 19.1 Å². The Morgan fingerprint density at radius 2 is 1.87 bits per heavy atom. The van der Waals surface area contributed by atoms with Crippen molar-refractivity contribution in [3.8, 4) is 5.75 Å². The van der Waals surface area contributed by atoms with Gasteiger partial charge in [0.25, 0.3) is 0 Å². The first-order chi connectivity index (χ1) is 14.0. The van der Waals surface area contributed by atoms with E-state index >= 15 is 0 Å². The number of rotatable bonds is 7. The number of hydrogen-bond donors (Lipinski definition) is 1. The van der Waals surface area contributed by atoms with Crippen molar-refractivity contribution in [1.29, 1.82) is 0 Å². The van der Waals surface area contributed by atoms with Gasteiger partial charge in [-0.1, -0.05) is 37.2 Å². The molecule has 1 amide bonds. The molecule has 0 saturated carbocycles. The first-order valence-corrected chi connectivity index (χ1v) is 10.2. The number of carbonyl (C=O) groups is 2. The van der Waals surface area contributed by atoms with Gasteiger partial charge in [0.15, 0.2) is 0 Å². The first kappa shape index (κ1) is 23.5. The number of nitrogens with one attached hydrogen (secondary N) is 1. The molecule has 30 heavy (non-hydrogen) atoms. The molecule has 1 aliphatic heterocycles. The molecule has 1 heterocycles. The Hall–Kier alpha value is -2.77. The predicted molar refractivity (Wildman–Crippen MR) is 112 cm³/mol. The first-order valence-electron chi connectivity index (χ1n) is 10.2. The van der Waals surface area contributed by atoms with Gasteiger partial charge in [0.05, 0.1) is 24.3 Å². The highest BCUT2D eigenvalue weighted by molar-refractivity contribution is 5.99. The summed E-state index contributed by atoms with van der Waals surface area (Å²) in [7, 11) is 0. The normalized spacial score (nSPS) is 22.0. The van der Waals surface area contributed by atoms with Crippen LogP contribution >= 0.6 is 0 Å². The number of nitrogens with zero attached hydrogens (tertiary/aromatic N) is 1. The second-order valence-electron chi connectivity index (χ2n) is 8.50. The second kappa shape index (κ2) is 9.36. The molecule has 166 valence electrons. The molecule has 3 atom stereocenters. The molecular weight excluding hydrogens is 388 g/mol. The van der Waals surface area contributed by atoms with Crippen molar-refractivity contribution < 1.29 is 28.6 Å². The van der Waals surface area contributed by atoms with Gasteiger partial charge in [-0.25, -0.2) is 9.59 Å². The highest BCUT2D eigenvalue weighted by atomic mass is 16.8. The van der Waals surface area contributed by atoms with Gasteiger partial charge in [0.2, 0.25) is 0 Å². The van der Waals surface area contributed by atoms with Crippen LogP contribution in [0.2, 0.25) is 0 Å². The predicted octanol–water partition coefficient (Wildman–Crippen LogP) is 3.90. The van der Waals surface area contributed by atoms with Crippen LogP contribution in [0.5, 0.6) is 5.75 Å². The number of para-hydroxylation sites is 1. The molecule has 0 spiro atoms. The Balaban J connectivity index is 2.30. The van der Waals surface area contributed by atoms with Gasteiger partial charge in [0, 0.05) is 0 Å². The minimum atomic E-state index is -1.78. The van der Waals surface area contributed by atoms with E-state index in [-0.39, 0.29) is 12.5 Å². The molecule has 0 bridgehead atoms. The molecule has 2 unspecified atom stereocenters. The van der Waals surface area contributed by atoms with Gasteiger partial charge < -0.3 is 24.4 Å². The van der Waals surface area contributed by atoms with Crippen molar-refractivity contribution in [1.82, 2.24) is 5.32 Å². The maximum absolute atomic E-state index is 12.9. The molecule has 1 aromatic carbocycles. The molecule has 1 aliphatic rings. The van der Waals surface area contributed by atoms with Gasteiger partial charge in [-0.15, -0.1) is 0 Å². The minimum absolute atomic E-state index is 0.0444. The molecule has 0 saturated heterocycles. The van der Waals surface area contributed by atoms with Crippen molar-refractivity contribution in [2.45, 2.75) is 65.9 Å². The van der Waals surface area contributed by atoms with Crippen molar-refractivity contribution in [3.63, 3.8) is 0 Å². The van der Waals surface area contributed by atoms with Gasteiger partial charge in [0.1, 0.15) is 11.4 Å². The largest absolute Gasteiger partial charge is 0.460 e. The summed E-state index contributed by atoms with van der Waals surface area (Å²) in [6.45, 7) is 12.8. The number of ether oxygens (including phenoxy) is 3. The van der Waals surface area contributed by atoms with Crippen LogP contribution in [-0.4, -0.2) is 41.8 Å². The molecule has 2 rings (SSSR count). The summed E-state index contributed by atoms with van der Waals surface area (Å²) in [6.07, 6.45) is -0.575. The molecule has 8 heteroatoms. The van der Waals surface area contributed by atoms with Crippen molar-refractivity contribution in [2.75, 3.05) is 6.61 Å². The van der Waals surface area contributed by atoms with Gasteiger partial charge in [-0.05, 0) is 52.7 Å². The van der Waals surface area contributed by atoms with Crippen LogP contribution in [0, 0.1) is 11.8 Å². The lowest BCUT2D eigenvalue weighted by Gasteiger charge is -2.31. The van der Waals surface area contributed by atoms with Crippen LogP contribution in [0.4, 0.5) is 4.79 Å². The number of oxime groups is 1. The van der Waals surface area contributed by atoms with Crippen LogP contribution in [0.25, 0.3) is 0 Å². The van der Waals surface area contributed by atoms with E-state index in [0.29, 0.717) is 11.5 Å². The fraction of sp³-hybridized carbons (Fsp3) is 0.591. The lowest BCUT2D eigenvalue weighted by molar-refractivity contribution is -0.218. The minimum Gasteiger partial charge on any atom is -0.460 e. The van der Waals surface area contributed by atoms with E-state index < -0.39 is 35.4 Å². The summed E-state index contributed by atoms with van der Waals surface area (Å²) < 4.78 is 16.6. The monoisotopic (exact) mass is 420 g/mol. The summed E-state index contributed by atoms with van der Waals surface area (Å²) >= 11 is 0. The lowest BCUT2D eigenvalue weighted by Crippen LogP contribution is -2.55. The highest BCUT2D eigenvalue weighted by Gasteiger charge is 2.58. The molecule has 0 aromatic heterocycles. The number of esters is 1. The van der Waals surface area contributed by atoms with E-state index in [9.17, 15) is 9.59 Å². The summed E-state index contributed by atoms with van der Waals surface area (Å²) in [4.78, 5) is 30.8.